The Bertz CT molecular complexity index is 1470. The van der Waals surface area contributed by atoms with E-state index >= 15 is 0 Å². The first-order valence-corrected chi connectivity index (χ1v) is 13.3. The van der Waals surface area contributed by atoms with Crippen molar-refractivity contribution < 1.29 is 22.8 Å². The van der Waals surface area contributed by atoms with E-state index in [1.807, 2.05) is 0 Å². The molecule has 2 amide bonds. The van der Waals surface area contributed by atoms with Gasteiger partial charge in [-0.05, 0) is 59.7 Å². The second-order valence-corrected chi connectivity index (χ2v) is 10.5. The molecular formula is C29H21Cl2F3N2O2S. The van der Waals surface area contributed by atoms with Gasteiger partial charge in [-0.15, -0.1) is 11.8 Å². The molecule has 0 aliphatic carbocycles. The molecule has 4 nitrogen and oxygen atoms in total. The third-order valence-corrected chi connectivity index (χ3v) is 7.27. The van der Waals surface area contributed by atoms with E-state index in [4.69, 9.17) is 23.2 Å². The van der Waals surface area contributed by atoms with Crippen LogP contribution in [0.4, 0.5) is 24.5 Å². The lowest BCUT2D eigenvalue weighted by Crippen LogP contribution is -2.21. The zero-order valence-electron chi connectivity index (χ0n) is 20.1. The predicted octanol–water partition coefficient (Wildman–Crippen LogP) is 8.67. The van der Waals surface area contributed by atoms with Gasteiger partial charge in [0.25, 0.3) is 0 Å². The molecule has 1 atom stereocenters. The summed E-state index contributed by atoms with van der Waals surface area (Å²) in [7, 11) is 0. The normalized spacial score (nSPS) is 12.0. The number of anilines is 2. The highest BCUT2D eigenvalue weighted by molar-refractivity contribution is 8.00. The molecule has 0 bridgehead atoms. The average molecular weight is 589 g/mol. The molecule has 200 valence electrons. The van der Waals surface area contributed by atoms with Gasteiger partial charge in [0.2, 0.25) is 11.8 Å². The Labute approximate surface area is 237 Å². The Hall–Kier alpha value is -3.46. The van der Waals surface area contributed by atoms with Crippen molar-refractivity contribution in [1.82, 2.24) is 0 Å². The molecule has 0 saturated heterocycles. The lowest BCUT2D eigenvalue weighted by Gasteiger charge is -2.20. The van der Waals surface area contributed by atoms with Gasteiger partial charge in [-0.3, -0.25) is 9.59 Å². The molecule has 4 aromatic carbocycles. The van der Waals surface area contributed by atoms with Gasteiger partial charge >= 0.3 is 6.18 Å². The van der Waals surface area contributed by atoms with Crippen molar-refractivity contribution in [3.05, 3.63) is 124 Å². The molecule has 1 unspecified atom stereocenters. The van der Waals surface area contributed by atoms with Crippen LogP contribution >= 0.6 is 35.0 Å². The molecule has 2 N–H and O–H groups in total. The molecule has 4 aromatic rings. The third-order valence-electron chi connectivity index (χ3n) is 5.54. The summed E-state index contributed by atoms with van der Waals surface area (Å²) < 4.78 is 40.8. The van der Waals surface area contributed by atoms with Gasteiger partial charge in [0.15, 0.2) is 0 Å². The number of carbonyl (C=O) groups excluding carboxylic acids is 2. The van der Waals surface area contributed by atoms with Gasteiger partial charge in [0, 0.05) is 20.6 Å². The molecule has 0 aliphatic rings. The highest BCUT2D eigenvalue weighted by Gasteiger charge is 2.35. The molecule has 0 heterocycles. The van der Waals surface area contributed by atoms with E-state index < -0.39 is 22.9 Å². The monoisotopic (exact) mass is 588 g/mol. The SMILES string of the molecule is O=C(Cc1ccc(Cl)cc1)Nc1cccc(SC(C(=O)Nc2ccc(Cl)cc2C(F)(F)F)c2ccccc2)c1. The Morgan fingerprint density at radius 3 is 2.18 bits per heavy atom. The Morgan fingerprint density at radius 1 is 0.795 bits per heavy atom. The number of benzene rings is 4. The summed E-state index contributed by atoms with van der Waals surface area (Å²) in [6, 6.07) is 25.7. The summed E-state index contributed by atoms with van der Waals surface area (Å²) in [4.78, 5) is 26.5. The number of hydrogen-bond donors (Lipinski definition) is 2. The Balaban J connectivity index is 1.54. The number of amides is 2. The summed E-state index contributed by atoms with van der Waals surface area (Å²) in [5.41, 5.74) is 0.485. The maximum atomic E-state index is 13.6. The van der Waals surface area contributed by atoms with Crippen LogP contribution in [0, 0.1) is 0 Å². The first-order chi connectivity index (χ1) is 18.6. The number of nitrogens with one attached hydrogen (secondary N) is 2. The minimum atomic E-state index is -4.71. The average Bonchev–Trinajstić information content (AvgIpc) is 2.89. The highest BCUT2D eigenvalue weighted by atomic mass is 35.5. The molecule has 0 radical (unpaired) electrons. The fourth-order valence-corrected chi connectivity index (χ4v) is 5.12. The summed E-state index contributed by atoms with van der Waals surface area (Å²) in [6.45, 7) is 0. The van der Waals surface area contributed by atoms with E-state index in [1.165, 1.54) is 6.07 Å². The molecule has 0 aromatic heterocycles. The van der Waals surface area contributed by atoms with Gasteiger partial charge in [0.1, 0.15) is 5.25 Å². The lowest BCUT2D eigenvalue weighted by atomic mass is 10.1. The number of thioether (sulfide) groups is 1. The third kappa shape index (κ3) is 8.02. The fraction of sp³-hybridized carbons (Fsp3) is 0.103. The van der Waals surface area contributed by atoms with Crippen molar-refractivity contribution in [2.24, 2.45) is 0 Å². The standard InChI is InChI=1S/C29H21Cl2F3N2O2S/c30-20-11-9-18(10-12-20)15-26(37)35-22-7-4-8-23(17-22)39-27(19-5-2-1-3-6-19)28(38)36-25-14-13-21(31)16-24(25)29(32,33)34/h1-14,16-17,27H,15H2,(H,35,37)(H,36,38). The molecule has 4 rings (SSSR count). The molecule has 10 heteroatoms. The van der Waals surface area contributed by atoms with Crippen molar-refractivity contribution in [2.75, 3.05) is 10.6 Å². The maximum absolute atomic E-state index is 13.6. The molecule has 0 fully saturated rings. The van der Waals surface area contributed by atoms with E-state index in [2.05, 4.69) is 10.6 Å². The topological polar surface area (TPSA) is 58.2 Å². The van der Waals surface area contributed by atoms with E-state index in [0.29, 0.717) is 21.2 Å². The second-order valence-electron chi connectivity index (χ2n) is 8.46. The lowest BCUT2D eigenvalue weighted by molar-refractivity contribution is -0.137. The van der Waals surface area contributed by atoms with Crippen LogP contribution in [0.1, 0.15) is 21.9 Å². The number of alkyl halides is 3. The molecule has 0 aliphatic heterocycles. The maximum Gasteiger partial charge on any atom is 0.418 e. The van der Waals surface area contributed by atoms with E-state index in [9.17, 15) is 22.8 Å². The minimum absolute atomic E-state index is 0.0933. The molecule has 0 spiro atoms. The van der Waals surface area contributed by atoms with Gasteiger partial charge in [-0.2, -0.15) is 13.2 Å². The Morgan fingerprint density at radius 2 is 1.49 bits per heavy atom. The van der Waals surface area contributed by atoms with Crippen molar-refractivity contribution in [2.45, 2.75) is 22.7 Å². The van der Waals surface area contributed by atoms with Crippen LogP contribution in [0.15, 0.2) is 102 Å². The van der Waals surface area contributed by atoms with Gasteiger partial charge in [-0.1, -0.05) is 71.7 Å². The summed E-state index contributed by atoms with van der Waals surface area (Å²) in [5.74, 6) is -0.879. The van der Waals surface area contributed by atoms with Gasteiger partial charge in [-0.25, -0.2) is 0 Å². The van der Waals surface area contributed by atoms with E-state index in [-0.39, 0.29) is 23.0 Å². The quantitative estimate of drug-likeness (QED) is 0.202. The van der Waals surface area contributed by atoms with Gasteiger partial charge < -0.3 is 10.6 Å². The van der Waals surface area contributed by atoms with Crippen molar-refractivity contribution in [1.29, 1.82) is 0 Å². The van der Waals surface area contributed by atoms with Crippen LogP contribution in [0.25, 0.3) is 0 Å². The number of halogens is 5. The number of hydrogen-bond acceptors (Lipinski definition) is 3. The zero-order valence-corrected chi connectivity index (χ0v) is 22.5. The Kier molecular flexibility index (Phi) is 9.22. The molecule has 39 heavy (non-hydrogen) atoms. The van der Waals surface area contributed by atoms with Crippen LogP contribution in [0.2, 0.25) is 10.0 Å². The van der Waals surface area contributed by atoms with Gasteiger partial charge in [0.05, 0.1) is 17.7 Å². The first-order valence-electron chi connectivity index (χ1n) is 11.6. The van der Waals surface area contributed by atoms with Crippen LogP contribution in [0.5, 0.6) is 0 Å². The first kappa shape index (κ1) is 28.5. The fourth-order valence-electron chi connectivity index (χ4n) is 3.74. The minimum Gasteiger partial charge on any atom is -0.326 e. The largest absolute Gasteiger partial charge is 0.418 e. The summed E-state index contributed by atoms with van der Waals surface area (Å²) in [5, 5.41) is 4.85. The summed E-state index contributed by atoms with van der Waals surface area (Å²) in [6.07, 6.45) is -4.56. The van der Waals surface area contributed by atoms with Crippen molar-refractivity contribution >= 4 is 58.2 Å². The predicted molar refractivity (Wildman–Crippen MR) is 150 cm³/mol. The van der Waals surface area contributed by atoms with Crippen LogP contribution in [0.3, 0.4) is 0 Å². The molecular weight excluding hydrogens is 568 g/mol. The van der Waals surface area contributed by atoms with Crippen LogP contribution < -0.4 is 10.6 Å². The van der Waals surface area contributed by atoms with Crippen LogP contribution in [-0.2, 0) is 22.2 Å². The second kappa shape index (κ2) is 12.6. The summed E-state index contributed by atoms with van der Waals surface area (Å²) >= 11 is 12.8. The van der Waals surface area contributed by atoms with Crippen molar-refractivity contribution in [3.8, 4) is 0 Å². The van der Waals surface area contributed by atoms with E-state index in [1.54, 1.807) is 78.9 Å². The molecule has 0 saturated carbocycles. The smallest absolute Gasteiger partial charge is 0.326 e. The van der Waals surface area contributed by atoms with E-state index in [0.717, 1.165) is 29.5 Å². The highest BCUT2D eigenvalue weighted by Crippen LogP contribution is 2.40. The van der Waals surface area contributed by atoms with Crippen LogP contribution in [-0.4, -0.2) is 11.8 Å². The van der Waals surface area contributed by atoms with Crippen molar-refractivity contribution in [3.63, 3.8) is 0 Å². The zero-order chi connectivity index (χ0) is 28.0. The number of carbonyl (C=O) groups is 2. The number of rotatable bonds is 8.